The summed E-state index contributed by atoms with van der Waals surface area (Å²) in [6.45, 7) is 0.386. The molecule has 1 aromatic heterocycles. The summed E-state index contributed by atoms with van der Waals surface area (Å²) in [6.07, 6.45) is -2.71. The van der Waals surface area contributed by atoms with E-state index < -0.39 is 46.0 Å². The van der Waals surface area contributed by atoms with Crippen molar-refractivity contribution in [1.82, 2.24) is 9.29 Å². The van der Waals surface area contributed by atoms with Gasteiger partial charge < -0.3 is 30.1 Å². The van der Waals surface area contributed by atoms with E-state index >= 15 is 0 Å². The summed E-state index contributed by atoms with van der Waals surface area (Å²) in [6, 6.07) is 12.3. The summed E-state index contributed by atoms with van der Waals surface area (Å²) < 4.78 is 43.2. The predicted octanol–water partition coefficient (Wildman–Crippen LogP) is 0.968. The highest BCUT2D eigenvalue weighted by atomic mass is 32.2. The number of aliphatic hydroxyl groups excluding tert-OH is 2. The Kier molecular flexibility index (Phi) is 9.40. The maximum atomic E-state index is 13.1. The molecule has 1 aliphatic rings. The second-order valence-corrected chi connectivity index (χ2v) is 10.5. The van der Waals surface area contributed by atoms with Gasteiger partial charge in [0.15, 0.2) is 12.2 Å². The number of aliphatic carboxylic acids is 3. The van der Waals surface area contributed by atoms with Crippen molar-refractivity contribution in [2.24, 2.45) is 0 Å². The van der Waals surface area contributed by atoms with Crippen molar-refractivity contribution in [3.63, 3.8) is 0 Å². The lowest BCUT2D eigenvalue weighted by molar-refractivity contribution is -0.165. The molecule has 14 heteroatoms. The summed E-state index contributed by atoms with van der Waals surface area (Å²) in [5, 5.41) is 42.6. The van der Waals surface area contributed by atoms with Crippen LogP contribution in [0.3, 0.4) is 0 Å². The molecule has 0 spiro atoms. The minimum absolute atomic E-state index is 0.0335. The number of aliphatic hydroxyl groups is 2. The minimum Gasteiger partial charge on any atom is -0.481 e. The van der Waals surface area contributed by atoms with Gasteiger partial charge in [-0.25, -0.2) is 27.1 Å². The number of hydrogen-bond acceptors (Lipinski definition) is 7. The number of carboxylic acids is 3. The highest BCUT2D eigenvalue weighted by Crippen LogP contribution is 2.33. The quantitative estimate of drug-likeness (QED) is 0.217. The Morgan fingerprint density at radius 2 is 1.56 bits per heavy atom. The van der Waals surface area contributed by atoms with Gasteiger partial charge >= 0.3 is 17.9 Å². The highest BCUT2D eigenvalue weighted by molar-refractivity contribution is 7.89. The molecule has 6 N–H and O–H groups in total. The second kappa shape index (κ2) is 12.3. The van der Waals surface area contributed by atoms with Crippen molar-refractivity contribution in [2.45, 2.75) is 55.4 Å². The number of para-hydroxylation sites is 1. The van der Waals surface area contributed by atoms with Crippen LogP contribution >= 0.6 is 0 Å². The maximum Gasteiger partial charge on any atom is 0.335 e. The van der Waals surface area contributed by atoms with Crippen LogP contribution in [0.5, 0.6) is 0 Å². The molecule has 39 heavy (non-hydrogen) atoms. The van der Waals surface area contributed by atoms with Crippen LogP contribution in [-0.4, -0.2) is 74.7 Å². The fraction of sp³-hybridized carbons (Fsp3) is 0.320. The zero-order chi connectivity index (χ0) is 28.9. The Labute approximate surface area is 222 Å². The molecule has 1 heterocycles. The first-order valence-corrected chi connectivity index (χ1v) is 13.2. The number of halogens is 1. The summed E-state index contributed by atoms with van der Waals surface area (Å²) in [5.74, 6) is -4.87. The molecule has 2 aromatic carbocycles. The topological polar surface area (TPSA) is 203 Å². The molecule has 0 amide bonds. The molecule has 2 unspecified atom stereocenters. The van der Waals surface area contributed by atoms with Crippen LogP contribution in [-0.2, 0) is 43.8 Å². The third kappa shape index (κ3) is 7.17. The molecule has 0 radical (unpaired) electrons. The predicted molar refractivity (Wildman–Crippen MR) is 134 cm³/mol. The number of hydrogen-bond donors (Lipinski definition) is 6. The zero-order valence-corrected chi connectivity index (χ0v) is 21.2. The normalized spacial score (nSPS) is 16.4. The molecular formula is C25H27FN2O10S. The number of rotatable bonds is 9. The average Bonchev–Trinajstić information content (AvgIpc) is 3.19. The Balaban J connectivity index is 0.000000360. The molecule has 12 nitrogen and oxygen atoms in total. The van der Waals surface area contributed by atoms with E-state index in [4.69, 9.17) is 25.5 Å². The van der Waals surface area contributed by atoms with Crippen LogP contribution in [0.4, 0.5) is 4.39 Å². The van der Waals surface area contributed by atoms with Gasteiger partial charge in [-0.15, -0.1) is 0 Å². The number of sulfonamides is 1. The van der Waals surface area contributed by atoms with E-state index in [1.54, 1.807) is 0 Å². The smallest absolute Gasteiger partial charge is 0.335 e. The van der Waals surface area contributed by atoms with E-state index in [1.807, 2.05) is 28.8 Å². The number of carbonyl (C=O) groups is 3. The lowest BCUT2D eigenvalue weighted by atomic mass is 9.92. The van der Waals surface area contributed by atoms with Gasteiger partial charge in [-0.05, 0) is 55.2 Å². The van der Waals surface area contributed by atoms with Crippen molar-refractivity contribution in [3.05, 3.63) is 65.6 Å². The molecule has 1 aliphatic carbocycles. The number of fused-ring (bicyclic) bond motifs is 3. The summed E-state index contributed by atoms with van der Waals surface area (Å²) in [4.78, 5) is 30.6. The van der Waals surface area contributed by atoms with Crippen LogP contribution in [0.1, 0.15) is 24.1 Å². The maximum absolute atomic E-state index is 13.1. The van der Waals surface area contributed by atoms with Gasteiger partial charge in [0.2, 0.25) is 10.0 Å². The number of aromatic nitrogens is 1. The third-order valence-corrected chi connectivity index (χ3v) is 7.71. The SMILES string of the molecule is O=C(O)C(O)C(O)C(=O)O.O=C(O)CCn1c2c(c3ccccc31)C[C@H](NS(=O)(=O)c1ccc(F)cc1)CC2. The third-order valence-electron chi connectivity index (χ3n) is 6.17. The number of aryl methyl sites for hydroxylation is 1. The van der Waals surface area contributed by atoms with E-state index in [0.29, 0.717) is 25.8 Å². The van der Waals surface area contributed by atoms with Crippen molar-refractivity contribution < 1.29 is 52.7 Å². The Morgan fingerprint density at radius 3 is 2.13 bits per heavy atom. The minimum atomic E-state index is -3.75. The van der Waals surface area contributed by atoms with E-state index in [9.17, 15) is 27.2 Å². The van der Waals surface area contributed by atoms with Gasteiger partial charge in [0.25, 0.3) is 0 Å². The molecule has 0 saturated carbocycles. The molecule has 0 saturated heterocycles. The van der Waals surface area contributed by atoms with Crippen LogP contribution < -0.4 is 4.72 Å². The van der Waals surface area contributed by atoms with Gasteiger partial charge in [0.1, 0.15) is 5.82 Å². The summed E-state index contributed by atoms with van der Waals surface area (Å²) >= 11 is 0. The number of carboxylic acid groups (broad SMARTS) is 3. The van der Waals surface area contributed by atoms with E-state index in [2.05, 4.69) is 4.72 Å². The summed E-state index contributed by atoms with van der Waals surface area (Å²) in [7, 11) is -3.75. The molecule has 0 fully saturated rings. The summed E-state index contributed by atoms with van der Waals surface area (Å²) in [5.41, 5.74) is 3.11. The first kappa shape index (κ1) is 29.7. The Morgan fingerprint density at radius 1 is 0.974 bits per heavy atom. The molecule has 0 aliphatic heterocycles. The fourth-order valence-electron chi connectivity index (χ4n) is 4.34. The number of nitrogens with one attached hydrogen (secondary N) is 1. The van der Waals surface area contributed by atoms with Gasteiger partial charge in [-0.2, -0.15) is 0 Å². The molecule has 210 valence electrons. The zero-order valence-electron chi connectivity index (χ0n) is 20.4. The van der Waals surface area contributed by atoms with Crippen molar-refractivity contribution in [2.75, 3.05) is 0 Å². The Hall–Kier alpha value is -3.85. The van der Waals surface area contributed by atoms with Gasteiger partial charge in [0.05, 0.1) is 11.3 Å². The lowest BCUT2D eigenvalue weighted by Crippen LogP contribution is -2.39. The van der Waals surface area contributed by atoms with Crippen molar-refractivity contribution in [3.8, 4) is 0 Å². The Bertz CT molecular complexity index is 1450. The molecule has 3 atom stereocenters. The first-order chi connectivity index (χ1) is 18.3. The monoisotopic (exact) mass is 566 g/mol. The van der Waals surface area contributed by atoms with Gasteiger partial charge in [-0.3, -0.25) is 4.79 Å². The van der Waals surface area contributed by atoms with Crippen molar-refractivity contribution >= 4 is 38.8 Å². The molecule has 0 bridgehead atoms. The fourth-order valence-corrected chi connectivity index (χ4v) is 5.61. The first-order valence-electron chi connectivity index (χ1n) is 11.7. The second-order valence-electron chi connectivity index (χ2n) is 8.82. The molecule has 3 aromatic rings. The lowest BCUT2D eigenvalue weighted by Gasteiger charge is -2.25. The number of benzene rings is 2. The largest absolute Gasteiger partial charge is 0.481 e. The van der Waals surface area contributed by atoms with Gasteiger partial charge in [-0.1, -0.05) is 18.2 Å². The highest BCUT2D eigenvalue weighted by Gasteiger charge is 2.30. The number of nitrogens with zero attached hydrogens (tertiary/aromatic N) is 1. The van der Waals surface area contributed by atoms with E-state index in [0.717, 1.165) is 34.3 Å². The van der Waals surface area contributed by atoms with E-state index in [1.165, 1.54) is 12.1 Å². The average molecular weight is 567 g/mol. The van der Waals surface area contributed by atoms with Crippen molar-refractivity contribution in [1.29, 1.82) is 0 Å². The van der Waals surface area contributed by atoms with Crippen LogP contribution in [0, 0.1) is 5.82 Å². The molecule has 4 rings (SSSR count). The van der Waals surface area contributed by atoms with Crippen LogP contribution in [0.15, 0.2) is 53.4 Å². The van der Waals surface area contributed by atoms with Crippen LogP contribution in [0.25, 0.3) is 10.9 Å². The molecular weight excluding hydrogens is 539 g/mol. The van der Waals surface area contributed by atoms with Gasteiger partial charge in [0, 0.05) is 29.2 Å². The van der Waals surface area contributed by atoms with E-state index in [-0.39, 0.29) is 17.4 Å². The standard InChI is InChI=1S/C21H21FN2O4S.C4H6O6/c22-14-5-8-16(9-6-14)29(27,28)23-15-7-10-20-18(13-15)17-3-1-2-4-19(17)24(20)12-11-21(25)26;5-1(3(7)8)2(6)4(9)10/h1-6,8-9,15,23H,7,10-13H2,(H,25,26);1-2,5-6H,(H,7,8)(H,9,10)/t15-;/m1./s1. The van der Waals surface area contributed by atoms with Crippen LogP contribution in [0.2, 0.25) is 0 Å².